The van der Waals surface area contributed by atoms with Crippen LogP contribution in [-0.4, -0.2) is 9.55 Å². The molecular weight excluding hydrogens is 380 g/mol. The highest BCUT2D eigenvalue weighted by molar-refractivity contribution is 7.98. The van der Waals surface area contributed by atoms with E-state index in [1.807, 2.05) is 17.5 Å². The third-order valence-electron chi connectivity index (χ3n) is 5.05. The van der Waals surface area contributed by atoms with Crippen molar-refractivity contribution in [2.45, 2.75) is 30.2 Å². The van der Waals surface area contributed by atoms with Crippen LogP contribution in [0.2, 0.25) is 0 Å². The molecule has 0 radical (unpaired) electrons. The highest BCUT2D eigenvalue weighted by Gasteiger charge is 2.16. The Labute approximate surface area is 162 Å². The summed E-state index contributed by atoms with van der Waals surface area (Å²) in [6.07, 6.45) is 3.26. The number of hydrogen-bond acceptors (Lipinski definition) is 6. The summed E-state index contributed by atoms with van der Waals surface area (Å²) in [6, 6.07) is 7.59. The number of aryl methyl sites for hydroxylation is 2. The molecule has 0 saturated carbocycles. The average molecular weight is 396 g/mol. The van der Waals surface area contributed by atoms with Gasteiger partial charge in [0.05, 0.1) is 5.52 Å². The summed E-state index contributed by atoms with van der Waals surface area (Å²) in [4.78, 5) is 29.1. The van der Waals surface area contributed by atoms with E-state index in [0.29, 0.717) is 21.2 Å². The lowest BCUT2D eigenvalue weighted by Crippen LogP contribution is -2.18. The lowest BCUT2D eigenvalue weighted by molar-refractivity contribution is 0.559. The van der Waals surface area contributed by atoms with Crippen molar-refractivity contribution in [3.63, 3.8) is 0 Å². The summed E-state index contributed by atoms with van der Waals surface area (Å²) >= 11 is 2.87. The van der Waals surface area contributed by atoms with Gasteiger partial charge < -0.3 is 4.42 Å². The summed E-state index contributed by atoms with van der Waals surface area (Å²) in [7, 11) is 1.74. The van der Waals surface area contributed by atoms with E-state index in [4.69, 9.17) is 4.42 Å². The van der Waals surface area contributed by atoms with E-state index in [9.17, 15) is 9.59 Å². The second kappa shape index (κ2) is 6.35. The second-order valence-electron chi connectivity index (χ2n) is 6.74. The molecule has 27 heavy (non-hydrogen) atoms. The first-order chi connectivity index (χ1) is 13.1. The van der Waals surface area contributed by atoms with Gasteiger partial charge in [0.15, 0.2) is 5.16 Å². The lowest BCUT2D eigenvalue weighted by atomic mass is 10.0. The molecule has 0 saturated heterocycles. The van der Waals surface area contributed by atoms with Crippen LogP contribution >= 0.6 is 23.1 Å². The van der Waals surface area contributed by atoms with Gasteiger partial charge in [-0.2, -0.15) is 0 Å². The van der Waals surface area contributed by atoms with Crippen molar-refractivity contribution in [1.29, 1.82) is 0 Å². The van der Waals surface area contributed by atoms with Crippen LogP contribution in [0.4, 0.5) is 0 Å². The maximum atomic E-state index is 12.5. The summed E-state index contributed by atoms with van der Waals surface area (Å²) in [5.41, 5.74) is 4.53. The number of fused-ring (bicyclic) bond motifs is 3. The van der Waals surface area contributed by atoms with Crippen LogP contribution in [-0.2, 0) is 25.6 Å². The monoisotopic (exact) mass is 396 g/mol. The zero-order chi connectivity index (χ0) is 18.5. The fourth-order valence-corrected chi connectivity index (χ4v) is 5.42. The maximum Gasteiger partial charge on any atom is 0.336 e. The van der Waals surface area contributed by atoms with Crippen molar-refractivity contribution in [2.75, 3.05) is 0 Å². The Bertz CT molecular complexity index is 1320. The first-order valence-corrected chi connectivity index (χ1v) is 10.6. The Morgan fingerprint density at radius 2 is 2.04 bits per heavy atom. The van der Waals surface area contributed by atoms with E-state index in [1.54, 1.807) is 17.7 Å². The van der Waals surface area contributed by atoms with Gasteiger partial charge >= 0.3 is 5.63 Å². The summed E-state index contributed by atoms with van der Waals surface area (Å²) in [6.45, 7) is 0. The van der Waals surface area contributed by atoms with Crippen LogP contribution in [0.1, 0.15) is 23.1 Å². The molecule has 5 rings (SSSR count). The highest BCUT2D eigenvalue weighted by Crippen LogP contribution is 2.31. The molecule has 7 heteroatoms. The molecule has 4 aromatic rings. The standard InChI is InChI=1S/C20H16N2O3S2/c1-22-19(24)18-15(5-6-26-18)21-20(22)27-10-13-9-17(23)25-16-8-12-4-2-3-11(12)7-14(13)16/h5-9H,2-4,10H2,1H3. The fourth-order valence-electron chi connectivity index (χ4n) is 3.65. The predicted molar refractivity (Wildman–Crippen MR) is 109 cm³/mol. The topological polar surface area (TPSA) is 65.1 Å². The van der Waals surface area contributed by atoms with E-state index in [0.717, 1.165) is 35.7 Å². The van der Waals surface area contributed by atoms with Crippen molar-refractivity contribution >= 4 is 44.3 Å². The second-order valence-corrected chi connectivity index (χ2v) is 8.60. The zero-order valence-corrected chi connectivity index (χ0v) is 16.3. The van der Waals surface area contributed by atoms with Gasteiger partial charge in [0, 0.05) is 24.3 Å². The first kappa shape index (κ1) is 16.8. The molecule has 0 atom stereocenters. The molecule has 3 heterocycles. The molecule has 0 N–H and O–H groups in total. The minimum Gasteiger partial charge on any atom is -0.423 e. The maximum absolute atomic E-state index is 12.5. The van der Waals surface area contributed by atoms with E-state index < -0.39 is 0 Å². The third-order valence-corrected chi connectivity index (χ3v) is 7.02. The predicted octanol–water partition coefficient (Wildman–Crippen LogP) is 3.88. The van der Waals surface area contributed by atoms with Crippen LogP contribution in [0.25, 0.3) is 21.2 Å². The number of aromatic nitrogens is 2. The number of thioether (sulfide) groups is 1. The summed E-state index contributed by atoms with van der Waals surface area (Å²) < 4.78 is 7.68. The van der Waals surface area contributed by atoms with Crippen LogP contribution in [0.15, 0.2) is 48.8 Å². The number of hydrogen-bond donors (Lipinski definition) is 0. The van der Waals surface area contributed by atoms with Gasteiger partial charge in [0.2, 0.25) is 0 Å². The molecule has 0 unspecified atom stereocenters. The largest absolute Gasteiger partial charge is 0.423 e. The molecule has 3 aromatic heterocycles. The zero-order valence-electron chi connectivity index (χ0n) is 14.7. The van der Waals surface area contributed by atoms with Crippen LogP contribution in [0, 0.1) is 0 Å². The molecule has 1 aliphatic rings. The molecule has 0 spiro atoms. The Morgan fingerprint density at radius 1 is 1.22 bits per heavy atom. The van der Waals surface area contributed by atoms with Gasteiger partial charge in [-0.1, -0.05) is 11.8 Å². The SMILES string of the molecule is Cn1c(SCc2cc(=O)oc3cc4c(cc23)CCC4)nc2ccsc2c1=O. The quantitative estimate of drug-likeness (QED) is 0.299. The van der Waals surface area contributed by atoms with Gasteiger partial charge in [-0.05, 0) is 59.5 Å². The van der Waals surface area contributed by atoms with Gasteiger partial charge in [0.25, 0.3) is 5.56 Å². The van der Waals surface area contributed by atoms with Crippen molar-refractivity contribution in [2.24, 2.45) is 7.05 Å². The van der Waals surface area contributed by atoms with Crippen LogP contribution in [0.5, 0.6) is 0 Å². The smallest absolute Gasteiger partial charge is 0.336 e. The average Bonchev–Trinajstić information content (AvgIpc) is 3.30. The first-order valence-electron chi connectivity index (χ1n) is 8.76. The number of rotatable bonds is 3. The van der Waals surface area contributed by atoms with E-state index in [1.165, 1.54) is 34.2 Å². The number of thiophene rings is 1. The summed E-state index contributed by atoms with van der Waals surface area (Å²) in [5.74, 6) is 0.552. The Hall–Kier alpha value is -2.38. The molecule has 136 valence electrons. The molecule has 5 nitrogen and oxygen atoms in total. The van der Waals surface area contributed by atoms with Crippen molar-refractivity contribution in [3.8, 4) is 0 Å². The summed E-state index contributed by atoms with van der Waals surface area (Å²) in [5, 5.41) is 3.50. The molecule has 0 fully saturated rings. The van der Waals surface area contributed by atoms with Gasteiger partial charge in [-0.3, -0.25) is 9.36 Å². The Balaban J connectivity index is 1.56. The molecule has 0 amide bonds. The molecular formula is C20H16N2O3S2. The van der Waals surface area contributed by atoms with E-state index in [2.05, 4.69) is 11.1 Å². The Morgan fingerprint density at radius 3 is 2.89 bits per heavy atom. The Kier molecular flexibility index (Phi) is 3.94. The van der Waals surface area contributed by atoms with E-state index in [-0.39, 0.29) is 11.2 Å². The minimum atomic E-state index is -0.341. The molecule has 0 aliphatic heterocycles. The lowest BCUT2D eigenvalue weighted by Gasteiger charge is -2.09. The van der Waals surface area contributed by atoms with Crippen LogP contribution in [0.3, 0.4) is 0 Å². The number of benzene rings is 1. The third kappa shape index (κ3) is 2.82. The van der Waals surface area contributed by atoms with Gasteiger partial charge in [0.1, 0.15) is 10.3 Å². The van der Waals surface area contributed by atoms with Crippen LogP contribution < -0.4 is 11.2 Å². The molecule has 1 aliphatic carbocycles. The fraction of sp³-hybridized carbons (Fsp3) is 0.250. The van der Waals surface area contributed by atoms with Gasteiger partial charge in [-0.25, -0.2) is 9.78 Å². The normalized spacial score (nSPS) is 13.5. The number of nitrogens with zero attached hydrogens (tertiary/aromatic N) is 2. The molecule has 1 aromatic carbocycles. The van der Waals surface area contributed by atoms with Crippen molar-refractivity contribution in [3.05, 3.63) is 67.1 Å². The van der Waals surface area contributed by atoms with Gasteiger partial charge in [-0.15, -0.1) is 11.3 Å². The minimum absolute atomic E-state index is 0.0345. The van der Waals surface area contributed by atoms with Crippen molar-refractivity contribution < 1.29 is 4.42 Å². The highest BCUT2D eigenvalue weighted by atomic mass is 32.2. The van der Waals surface area contributed by atoms with Crippen molar-refractivity contribution in [1.82, 2.24) is 9.55 Å². The van der Waals surface area contributed by atoms with E-state index >= 15 is 0 Å². The molecule has 0 bridgehead atoms.